The fourth-order valence-corrected chi connectivity index (χ4v) is 2.87. The predicted octanol–water partition coefficient (Wildman–Crippen LogP) is 5.09. The molecule has 0 aliphatic carbocycles. The van der Waals surface area contributed by atoms with Gasteiger partial charge in [0.05, 0.1) is 14.2 Å². The Bertz CT molecular complexity index is 1040. The van der Waals surface area contributed by atoms with Crippen molar-refractivity contribution >= 4 is 0 Å². The van der Waals surface area contributed by atoms with Gasteiger partial charge in [0, 0.05) is 11.1 Å². The molecular formula is C22H18N2O3. The zero-order chi connectivity index (χ0) is 18.6. The van der Waals surface area contributed by atoms with Crippen LogP contribution in [0.4, 0.5) is 0 Å². The smallest absolute Gasteiger partial charge is 0.258 e. The largest absolute Gasteiger partial charge is 0.493 e. The first-order valence-corrected chi connectivity index (χ1v) is 8.50. The van der Waals surface area contributed by atoms with Crippen LogP contribution in [0.2, 0.25) is 0 Å². The molecule has 27 heavy (non-hydrogen) atoms. The SMILES string of the molecule is COc1ccc(-c2noc(-c3ccc(-c4ccccc4)cc3)n2)cc1OC. The van der Waals surface area contributed by atoms with Crippen LogP contribution in [0.3, 0.4) is 0 Å². The highest BCUT2D eigenvalue weighted by molar-refractivity contribution is 5.68. The van der Waals surface area contributed by atoms with E-state index in [1.54, 1.807) is 14.2 Å². The van der Waals surface area contributed by atoms with Crippen molar-refractivity contribution in [3.63, 3.8) is 0 Å². The fraction of sp³-hybridized carbons (Fsp3) is 0.0909. The van der Waals surface area contributed by atoms with E-state index in [-0.39, 0.29) is 0 Å². The van der Waals surface area contributed by atoms with Gasteiger partial charge in [-0.05, 0) is 41.5 Å². The zero-order valence-electron chi connectivity index (χ0n) is 15.0. The maximum atomic E-state index is 5.45. The second-order valence-electron chi connectivity index (χ2n) is 5.94. The van der Waals surface area contributed by atoms with Crippen molar-refractivity contribution in [1.82, 2.24) is 10.1 Å². The van der Waals surface area contributed by atoms with E-state index in [1.807, 2.05) is 60.7 Å². The number of aromatic nitrogens is 2. The molecule has 4 aromatic rings. The Morgan fingerprint density at radius 1 is 0.667 bits per heavy atom. The molecule has 0 spiro atoms. The summed E-state index contributed by atoms with van der Waals surface area (Å²) in [5, 5.41) is 4.09. The van der Waals surface area contributed by atoms with Gasteiger partial charge in [-0.25, -0.2) is 0 Å². The third kappa shape index (κ3) is 3.40. The molecule has 0 aliphatic heterocycles. The number of methoxy groups -OCH3 is 2. The van der Waals surface area contributed by atoms with Crippen LogP contribution in [0.5, 0.6) is 11.5 Å². The number of hydrogen-bond acceptors (Lipinski definition) is 5. The Hall–Kier alpha value is -3.60. The number of hydrogen-bond donors (Lipinski definition) is 0. The number of nitrogens with zero attached hydrogens (tertiary/aromatic N) is 2. The van der Waals surface area contributed by atoms with Crippen LogP contribution in [0.1, 0.15) is 0 Å². The van der Waals surface area contributed by atoms with E-state index in [0.717, 1.165) is 16.7 Å². The Morgan fingerprint density at radius 2 is 1.30 bits per heavy atom. The first-order chi connectivity index (χ1) is 13.3. The molecule has 5 heteroatoms. The number of rotatable bonds is 5. The lowest BCUT2D eigenvalue weighted by atomic mass is 10.0. The fourth-order valence-electron chi connectivity index (χ4n) is 2.87. The molecule has 3 aromatic carbocycles. The van der Waals surface area contributed by atoms with E-state index in [1.165, 1.54) is 5.56 Å². The standard InChI is InChI=1S/C22H18N2O3/c1-25-19-13-12-18(14-20(19)26-2)21-23-22(27-24-21)17-10-8-16(9-11-17)15-6-4-3-5-7-15/h3-14H,1-2H3. The summed E-state index contributed by atoms with van der Waals surface area (Å²) in [6, 6.07) is 23.8. The van der Waals surface area contributed by atoms with E-state index in [4.69, 9.17) is 14.0 Å². The Balaban J connectivity index is 1.61. The van der Waals surface area contributed by atoms with E-state index in [0.29, 0.717) is 23.2 Å². The molecule has 5 nitrogen and oxygen atoms in total. The summed E-state index contributed by atoms with van der Waals surface area (Å²) in [6.07, 6.45) is 0. The molecule has 0 N–H and O–H groups in total. The molecule has 1 aromatic heterocycles. The van der Waals surface area contributed by atoms with Crippen LogP contribution >= 0.6 is 0 Å². The van der Waals surface area contributed by atoms with Crippen LogP contribution in [-0.2, 0) is 0 Å². The quantitative estimate of drug-likeness (QED) is 0.497. The van der Waals surface area contributed by atoms with Crippen LogP contribution in [0.25, 0.3) is 34.0 Å². The van der Waals surface area contributed by atoms with Gasteiger partial charge in [-0.1, -0.05) is 47.6 Å². The lowest BCUT2D eigenvalue weighted by Crippen LogP contribution is -1.91. The minimum atomic E-state index is 0.472. The summed E-state index contributed by atoms with van der Waals surface area (Å²) in [7, 11) is 3.20. The van der Waals surface area contributed by atoms with E-state index >= 15 is 0 Å². The zero-order valence-corrected chi connectivity index (χ0v) is 15.0. The molecule has 0 amide bonds. The summed E-state index contributed by atoms with van der Waals surface area (Å²) in [4.78, 5) is 4.51. The van der Waals surface area contributed by atoms with Crippen molar-refractivity contribution in [3.05, 3.63) is 72.8 Å². The highest BCUT2D eigenvalue weighted by atomic mass is 16.5. The van der Waals surface area contributed by atoms with E-state index in [9.17, 15) is 0 Å². The van der Waals surface area contributed by atoms with Crippen molar-refractivity contribution in [3.8, 4) is 45.5 Å². The third-order valence-corrected chi connectivity index (χ3v) is 4.31. The van der Waals surface area contributed by atoms with Gasteiger partial charge in [0.2, 0.25) is 5.82 Å². The minimum Gasteiger partial charge on any atom is -0.493 e. The molecule has 4 rings (SSSR count). The molecular weight excluding hydrogens is 340 g/mol. The van der Waals surface area contributed by atoms with Gasteiger partial charge in [0.25, 0.3) is 5.89 Å². The van der Waals surface area contributed by atoms with Gasteiger partial charge in [0.15, 0.2) is 11.5 Å². The van der Waals surface area contributed by atoms with E-state index < -0.39 is 0 Å². The molecule has 0 saturated carbocycles. The lowest BCUT2D eigenvalue weighted by Gasteiger charge is -2.07. The summed E-state index contributed by atoms with van der Waals surface area (Å²) in [6.45, 7) is 0. The van der Waals surface area contributed by atoms with Gasteiger partial charge in [0.1, 0.15) is 0 Å². The molecule has 0 unspecified atom stereocenters. The highest BCUT2D eigenvalue weighted by Crippen LogP contribution is 2.32. The Morgan fingerprint density at radius 3 is 2.00 bits per heavy atom. The van der Waals surface area contributed by atoms with Gasteiger partial charge < -0.3 is 14.0 Å². The normalized spacial score (nSPS) is 10.6. The minimum absolute atomic E-state index is 0.472. The van der Waals surface area contributed by atoms with Crippen molar-refractivity contribution in [1.29, 1.82) is 0 Å². The molecule has 0 atom stereocenters. The topological polar surface area (TPSA) is 57.4 Å². The maximum absolute atomic E-state index is 5.45. The van der Waals surface area contributed by atoms with E-state index in [2.05, 4.69) is 22.3 Å². The first-order valence-electron chi connectivity index (χ1n) is 8.50. The second-order valence-corrected chi connectivity index (χ2v) is 5.94. The van der Waals surface area contributed by atoms with Crippen molar-refractivity contribution < 1.29 is 14.0 Å². The average molecular weight is 358 g/mol. The van der Waals surface area contributed by atoms with Crippen molar-refractivity contribution in [2.24, 2.45) is 0 Å². The Labute approximate surface area is 157 Å². The van der Waals surface area contributed by atoms with Gasteiger partial charge in [-0.3, -0.25) is 0 Å². The molecule has 0 saturated heterocycles. The van der Waals surface area contributed by atoms with Gasteiger partial charge in [-0.15, -0.1) is 0 Å². The number of benzene rings is 3. The molecule has 134 valence electrons. The Kier molecular flexibility index (Phi) is 4.58. The molecule has 0 aliphatic rings. The monoisotopic (exact) mass is 358 g/mol. The third-order valence-electron chi connectivity index (χ3n) is 4.31. The van der Waals surface area contributed by atoms with Crippen LogP contribution in [-0.4, -0.2) is 24.4 Å². The van der Waals surface area contributed by atoms with Gasteiger partial charge >= 0.3 is 0 Å². The van der Waals surface area contributed by atoms with Crippen LogP contribution < -0.4 is 9.47 Å². The molecule has 1 heterocycles. The average Bonchev–Trinajstić information content (AvgIpc) is 3.24. The van der Waals surface area contributed by atoms with Crippen LogP contribution in [0, 0.1) is 0 Å². The maximum Gasteiger partial charge on any atom is 0.258 e. The molecule has 0 fully saturated rings. The van der Waals surface area contributed by atoms with Crippen molar-refractivity contribution in [2.45, 2.75) is 0 Å². The second kappa shape index (κ2) is 7.33. The lowest BCUT2D eigenvalue weighted by molar-refractivity contribution is 0.355. The van der Waals surface area contributed by atoms with Crippen LogP contribution in [0.15, 0.2) is 77.3 Å². The summed E-state index contributed by atoms with van der Waals surface area (Å²) in [5.74, 6) is 2.24. The summed E-state index contributed by atoms with van der Waals surface area (Å²) in [5.41, 5.74) is 3.97. The van der Waals surface area contributed by atoms with Gasteiger partial charge in [-0.2, -0.15) is 4.98 Å². The number of ether oxygens (including phenoxy) is 2. The predicted molar refractivity (Wildman–Crippen MR) is 104 cm³/mol. The summed E-state index contributed by atoms with van der Waals surface area (Å²) >= 11 is 0. The van der Waals surface area contributed by atoms with Crippen molar-refractivity contribution in [2.75, 3.05) is 14.2 Å². The summed E-state index contributed by atoms with van der Waals surface area (Å²) < 4.78 is 16.0. The highest BCUT2D eigenvalue weighted by Gasteiger charge is 2.13. The molecule has 0 bridgehead atoms. The molecule has 0 radical (unpaired) electrons. The first kappa shape index (κ1) is 16.8.